The molecule has 3 unspecified atom stereocenters. The van der Waals surface area contributed by atoms with Crippen LogP contribution in [0.5, 0.6) is 0 Å². The maximum Gasteiger partial charge on any atom is 0.162 e. The van der Waals surface area contributed by atoms with Gasteiger partial charge in [0, 0.05) is 10.8 Å². The second-order valence-electron chi connectivity index (χ2n) is 5.12. The quantitative estimate of drug-likeness (QED) is 0.554. The van der Waals surface area contributed by atoms with Crippen LogP contribution in [0.1, 0.15) is 39.0 Å². The maximum absolute atomic E-state index is 12.0. The van der Waals surface area contributed by atoms with Gasteiger partial charge in [-0.25, -0.2) is 0 Å². The molecular weight excluding hydrogens is 160 g/mol. The lowest BCUT2D eigenvalue weighted by molar-refractivity contribution is -0.127. The second kappa shape index (κ2) is 2.08. The average molecular weight is 176 g/mol. The largest absolute Gasteiger partial charge is 0.294 e. The molecule has 2 saturated carbocycles. The highest BCUT2D eigenvalue weighted by molar-refractivity contribution is 5.99. The number of carbonyl (C=O) groups excluding carboxylic acids is 1. The predicted molar refractivity (Wildman–Crippen MR) is 51.3 cm³/mol. The van der Waals surface area contributed by atoms with Crippen molar-refractivity contribution in [2.75, 3.05) is 0 Å². The summed E-state index contributed by atoms with van der Waals surface area (Å²) in [5, 5.41) is 0. The van der Waals surface area contributed by atoms with Gasteiger partial charge in [-0.2, -0.15) is 0 Å². The fraction of sp³-hybridized carbons (Fsp3) is 0.750. The molecule has 0 radical (unpaired) electrons. The van der Waals surface area contributed by atoms with E-state index in [0.717, 1.165) is 6.42 Å². The molecule has 1 nitrogen and oxygen atoms in total. The van der Waals surface area contributed by atoms with Crippen LogP contribution in [-0.2, 0) is 4.79 Å². The summed E-state index contributed by atoms with van der Waals surface area (Å²) in [5.74, 6) is 1.06. The van der Waals surface area contributed by atoms with E-state index in [2.05, 4.69) is 13.0 Å². The van der Waals surface area contributed by atoms with Crippen LogP contribution in [0.4, 0.5) is 0 Å². The van der Waals surface area contributed by atoms with Crippen molar-refractivity contribution >= 4 is 5.78 Å². The lowest BCUT2D eigenvalue weighted by atomic mass is 9.66. The van der Waals surface area contributed by atoms with Crippen LogP contribution >= 0.6 is 0 Å². The van der Waals surface area contributed by atoms with E-state index in [1.165, 1.54) is 25.7 Å². The maximum atomic E-state index is 12.0. The molecule has 3 atom stereocenters. The van der Waals surface area contributed by atoms with E-state index in [1.807, 2.05) is 6.08 Å². The summed E-state index contributed by atoms with van der Waals surface area (Å²) in [7, 11) is 0. The summed E-state index contributed by atoms with van der Waals surface area (Å²) in [4.78, 5) is 12.0. The minimum atomic E-state index is 0.0625. The fourth-order valence-electron chi connectivity index (χ4n) is 4.27. The summed E-state index contributed by atoms with van der Waals surface area (Å²) in [6, 6.07) is 0. The van der Waals surface area contributed by atoms with E-state index in [9.17, 15) is 4.79 Å². The average Bonchev–Trinajstić information content (AvgIpc) is 2.67. The smallest absolute Gasteiger partial charge is 0.162 e. The Balaban J connectivity index is 2.19. The fourth-order valence-corrected chi connectivity index (χ4v) is 4.27. The summed E-state index contributed by atoms with van der Waals surface area (Å²) in [6.45, 7) is 2.28. The van der Waals surface area contributed by atoms with E-state index in [1.54, 1.807) is 0 Å². The summed E-state index contributed by atoms with van der Waals surface area (Å²) < 4.78 is 0. The van der Waals surface area contributed by atoms with Gasteiger partial charge in [0.25, 0.3) is 0 Å². The number of ketones is 1. The first-order valence-electron chi connectivity index (χ1n) is 5.45. The number of hydrogen-bond donors (Lipinski definition) is 0. The van der Waals surface area contributed by atoms with Crippen LogP contribution in [0, 0.1) is 16.7 Å². The van der Waals surface area contributed by atoms with Crippen LogP contribution in [0.2, 0.25) is 0 Å². The summed E-state index contributed by atoms with van der Waals surface area (Å²) in [6.07, 6.45) is 10.3. The highest BCUT2D eigenvalue weighted by atomic mass is 16.1. The third-order valence-corrected chi connectivity index (χ3v) is 4.94. The molecular formula is C12H16O. The number of rotatable bonds is 0. The third kappa shape index (κ3) is 0.619. The molecule has 0 bridgehead atoms. The Morgan fingerprint density at radius 1 is 1.38 bits per heavy atom. The van der Waals surface area contributed by atoms with Gasteiger partial charge in [0.2, 0.25) is 0 Å². The first-order valence-corrected chi connectivity index (χ1v) is 5.45. The molecule has 70 valence electrons. The van der Waals surface area contributed by atoms with Crippen molar-refractivity contribution in [1.29, 1.82) is 0 Å². The van der Waals surface area contributed by atoms with Crippen LogP contribution in [0.15, 0.2) is 12.2 Å². The van der Waals surface area contributed by atoms with Crippen molar-refractivity contribution in [3.8, 4) is 0 Å². The Morgan fingerprint density at radius 2 is 2.23 bits per heavy atom. The number of hydrogen-bond acceptors (Lipinski definition) is 1. The Kier molecular flexibility index (Phi) is 1.24. The van der Waals surface area contributed by atoms with Gasteiger partial charge < -0.3 is 0 Å². The molecule has 0 aromatic carbocycles. The first-order chi connectivity index (χ1) is 6.21. The van der Waals surface area contributed by atoms with Gasteiger partial charge in [-0.05, 0) is 37.7 Å². The van der Waals surface area contributed by atoms with E-state index < -0.39 is 0 Å². The third-order valence-electron chi connectivity index (χ3n) is 4.94. The van der Waals surface area contributed by atoms with Crippen LogP contribution in [-0.4, -0.2) is 5.78 Å². The molecule has 13 heavy (non-hydrogen) atoms. The molecule has 0 N–H and O–H groups in total. The molecule has 0 aliphatic heterocycles. The Hall–Kier alpha value is -0.590. The zero-order valence-corrected chi connectivity index (χ0v) is 8.18. The molecule has 0 saturated heterocycles. The normalized spacial score (nSPS) is 52.7. The standard InChI is InChI=1S/C12H16O/c1-9-3-7-11-5-2-6-12(9,11)10(13)4-8-11/h4,8-9H,2-3,5-7H2,1H3. The van der Waals surface area contributed by atoms with Crippen molar-refractivity contribution in [3.63, 3.8) is 0 Å². The van der Waals surface area contributed by atoms with Crippen molar-refractivity contribution in [2.24, 2.45) is 16.7 Å². The Bertz CT molecular complexity index is 304. The topological polar surface area (TPSA) is 17.1 Å². The summed E-state index contributed by atoms with van der Waals surface area (Å²) in [5.41, 5.74) is 0.372. The van der Waals surface area contributed by atoms with Gasteiger partial charge in [-0.15, -0.1) is 0 Å². The van der Waals surface area contributed by atoms with Crippen LogP contribution in [0.25, 0.3) is 0 Å². The van der Waals surface area contributed by atoms with Gasteiger partial charge in [0.1, 0.15) is 0 Å². The van der Waals surface area contributed by atoms with Gasteiger partial charge in [0.05, 0.1) is 0 Å². The Morgan fingerprint density at radius 3 is 3.00 bits per heavy atom. The number of allylic oxidation sites excluding steroid dienone is 2. The van der Waals surface area contributed by atoms with Gasteiger partial charge in [-0.3, -0.25) is 4.79 Å². The summed E-state index contributed by atoms with van der Waals surface area (Å²) >= 11 is 0. The zero-order valence-electron chi connectivity index (χ0n) is 8.18. The molecule has 3 rings (SSSR count). The highest BCUT2D eigenvalue weighted by Crippen LogP contribution is 2.68. The Labute approximate surface area is 79.2 Å². The zero-order chi connectivity index (χ0) is 9.10. The lowest BCUT2D eigenvalue weighted by Crippen LogP contribution is -2.37. The van der Waals surface area contributed by atoms with E-state index in [0.29, 0.717) is 17.1 Å². The van der Waals surface area contributed by atoms with Gasteiger partial charge >= 0.3 is 0 Å². The second-order valence-corrected chi connectivity index (χ2v) is 5.12. The lowest BCUT2D eigenvalue weighted by Gasteiger charge is -2.35. The van der Waals surface area contributed by atoms with Crippen molar-refractivity contribution in [1.82, 2.24) is 0 Å². The molecule has 0 heterocycles. The molecule has 0 amide bonds. The van der Waals surface area contributed by atoms with E-state index in [-0.39, 0.29) is 5.41 Å². The van der Waals surface area contributed by atoms with Crippen LogP contribution in [0.3, 0.4) is 0 Å². The molecule has 3 aliphatic carbocycles. The SMILES string of the molecule is CC1CCC23C=CC(=O)C12CCC3. The predicted octanol–water partition coefficient (Wildman–Crippen LogP) is 2.71. The van der Waals surface area contributed by atoms with E-state index in [4.69, 9.17) is 0 Å². The van der Waals surface area contributed by atoms with Gasteiger partial charge in [-0.1, -0.05) is 19.4 Å². The molecule has 2 fully saturated rings. The van der Waals surface area contributed by atoms with Crippen LogP contribution < -0.4 is 0 Å². The van der Waals surface area contributed by atoms with Crippen molar-refractivity contribution in [2.45, 2.75) is 39.0 Å². The molecule has 0 aromatic rings. The monoisotopic (exact) mass is 176 g/mol. The number of carbonyl (C=O) groups is 1. The first kappa shape index (κ1) is 7.78. The van der Waals surface area contributed by atoms with E-state index >= 15 is 0 Å². The highest BCUT2D eigenvalue weighted by Gasteiger charge is 2.65. The van der Waals surface area contributed by atoms with Crippen molar-refractivity contribution in [3.05, 3.63) is 12.2 Å². The molecule has 0 spiro atoms. The van der Waals surface area contributed by atoms with Crippen molar-refractivity contribution < 1.29 is 4.79 Å². The minimum Gasteiger partial charge on any atom is -0.294 e. The van der Waals surface area contributed by atoms with Gasteiger partial charge in [0.15, 0.2) is 5.78 Å². The molecule has 0 aromatic heterocycles. The molecule has 3 aliphatic rings. The minimum absolute atomic E-state index is 0.0625. The molecule has 1 heteroatoms.